The topological polar surface area (TPSA) is 57.7 Å². The van der Waals surface area contributed by atoms with Crippen LogP contribution in [0, 0.1) is 11.7 Å². The van der Waals surface area contributed by atoms with Crippen molar-refractivity contribution in [1.82, 2.24) is 9.21 Å². The van der Waals surface area contributed by atoms with E-state index < -0.39 is 15.8 Å². The van der Waals surface area contributed by atoms with Crippen LogP contribution in [0.4, 0.5) is 4.39 Å². The quantitative estimate of drug-likeness (QED) is 0.849. The number of benzene rings is 1. The van der Waals surface area contributed by atoms with Crippen LogP contribution in [0.25, 0.3) is 0 Å². The summed E-state index contributed by atoms with van der Waals surface area (Å²) in [6.45, 7) is 4.99. The maximum absolute atomic E-state index is 13.8. The molecule has 0 saturated carbocycles. The fraction of sp³-hybridized carbons (Fsp3) is 0.533. The first-order valence-electron chi connectivity index (χ1n) is 7.37. The number of hydrogen-bond acceptors (Lipinski definition) is 3. The van der Waals surface area contributed by atoms with E-state index in [0.717, 1.165) is 6.07 Å². The second kappa shape index (κ2) is 6.75. The van der Waals surface area contributed by atoms with Gasteiger partial charge in [-0.25, -0.2) is 12.8 Å². The Hall–Kier alpha value is -1.47. The number of sulfonamides is 1. The minimum atomic E-state index is -3.87. The van der Waals surface area contributed by atoms with Gasteiger partial charge in [0, 0.05) is 32.1 Å². The molecule has 0 aromatic heterocycles. The van der Waals surface area contributed by atoms with E-state index in [1.165, 1.54) is 22.5 Å². The fourth-order valence-electron chi connectivity index (χ4n) is 2.51. The maximum Gasteiger partial charge on any atom is 0.246 e. The summed E-state index contributed by atoms with van der Waals surface area (Å²) in [6, 6.07) is 5.37. The highest BCUT2D eigenvalue weighted by Gasteiger charge is 2.30. The number of nitrogens with zero attached hydrogens (tertiary/aromatic N) is 2. The van der Waals surface area contributed by atoms with Crippen molar-refractivity contribution in [3.05, 3.63) is 30.1 Å². The van der Waals surface area contributed by atoms with Gasteiger partial charge in [-0.15, -0.1) is 0 Å². The van der Waals surface area contributed by atoms with Crippen LogP contribution < -0.4 is 0 Å². The van der Waals surface area contributed by atoms with E-state index in [-0.39, 0.29) is 23.3 Å². The van der Waals surface area contributed by atoms with Gasteiger partial charge in [0.25, 0.3) is 0 Å². The van der Waals surface area contributed by atoms with Gasteiger partial charge in [0.1, 0.15) is 10.7 Å². The summed E-state index contributed by atoms with van der Waals surface area (Å²) in [7, 11) is -3.87. The third kappa shape index (κ3) is 3.47. The standard InChI is InChI=1S/C15H21FN2O3S/c1-12(2)15(19)17-8-5-9-18(11-10-17)22(20,21)14-7-4-3-6-13(14)16/h3-4,6-7,12H,5,8-11H2,1-2H3. The largest absolute Gasteiger partial charge is 0.341 e. The van der Waals surface area contributed by atoms with Crippen LogP contribution in [0.5, 0.6) is 0 Å². The second-order valence-corrected chi connectivity index (χ2v) is 7.57. The summed E-state index contributed by atoms with van der Waals surface area (Å²) in [4.78, 5) is 13.4. The highest BCUT2D eigenvalue weighted by molar-refractivity contribution is 7.89. The Bertz CT molecular complexity index is 646. The number of rotatable bonds is 3. The average molecular weight is 328 g/mol. The number of halogens is 1. The van der Waals surface area contributed by atoms with Crippen molar-refractivity contribution in [2.45, 2.75) is 25.2 Å². The van der Waals surface area contributed by atoms with Crippen LogP contribution in [-0.4, -0.2) is 49.7 Å². The van der Waals surface area contributed by atoms with Gasteiger partial charge in [-0.3, -0.25) is 4.79 Å². The molecule has 0 spiro atoms. The Labute approximate surface area is 130 Å². The van der Waals surface area contributed by atoms with E-state index in [2.05, 4.69) is 0 Å². The Balaban J connectivity index is 2.17. The number of carbonyl (C=O) groups is 1. The van der Waals surface area contributed by atoms with E-state index in [1.54, 1.807) is 4.90 Å². The van der Waals surface area contributed by atoms with Crippen LogP contribution in [0.1, 0.15) is 20.3 Å². The highest BCUT2D eigenvalue weighted by Crippen LogP contribution is 2.20. The summed E-state index contributed by atoms with van der Waals surface area (Å²) >= 11 is 0. The van der Waals surface area contributed by atoms with Crippen molar-refractivity contribution < 1.29 is 17.6 Å². The molecule has 2 rings (SSSR count). The molecule has 0 N–H and O–H groups in total. The minimum absolute atomic E-state index is 0.0186. The maximum atomic E-state index is 13.8. The molecule has 1 amide bonds. The van der Waals surface area contributed by atoms with Crippen molar-refractivity contribution in [3.8, 4) is 0 Å². The van der Waals surface area contributed by atoms with Gasteiger partial charge in [-0.05, 0) is 18.6 Å². The molecule has 1 fully saturated rings. The summed E-state index contributed by atoms with van der Waals surface area (Å²) in [5, 5.41) is 0. The Morgan fingerprint density at radius 2 is 1.82 bits per heavy atom. The monoisotopic (exact) mass is 328 g/mol. The summed E-state index contributed by atoms with van der Waals surface area (Å²) < 4.78 is 40.2. The first kappa shape index (κ1) is 16.9. The average Bonchev–Trinajstić information content (AvgIpc) is 2.73. The van der Waals surface area contributed by atoms with Crippen LogP contribution in [-0.2, 0) is 14.8 Å². The summed E-state index contributed by atoms with van der Waals surface area (Å²) in [6.07, 6.45) is 0.548. The number of hydrogen-bond donors (Lipinski definition) is 0. The van der Waals surface area contributed by atoms with Crippen LogP contribution >= 0.6 is 0 Å². The lowest BCUT2D eigenvalue weighted by Gasteiger charge is -2.23. The predicted molar refractivity (Wildman–Crippen MR) is 81.2 cm³/mol. The van der Waals surface area contributed by atoms with E-state index >= 15 is 0 Å². The molecule has 0 unspecified atom stereocenters. The van der Waals surface area contributed by atoms with Gasteiger partial charge in [-0.1, -0.05) is 26.0 Å². The van der Waals surface area contributed by atoms with Crippen molar-refractivity contribution >= 4 is 15.9 Å². The Kier molecular flexibility index (Phi) is 5.18. The first-order chi connectivity index (χ1) is 10.3. The van der Waals surface area contributed by atoms with Gasteiger partial charge in [0.05, 0.1) is 0 Å². The number of carbonyl (C=O) groups excluding carboxylic acids is 1. The van der Waals surface area contributed by atoms with Gasteiger partial charge < -0.3 is 4.90 Å². The SMILES string of the molecule is CC(C)C(=O)N1CCCN(S(=O)(=O)c2ccccc2F)CC1. The molecule has 22 heavy (non-hydrogen) atoms. The molecule has 1 aromatic rings. The third-order valence-electron chi connectivity index (χ3n) is 3.71. The molecule has 1 aromatic carbocycles. The Morgan fingerprint density at radius 3 is 2.45 bits per heavy atom. The molecule has 0 atom stereocenters. The lowest BCUT2D eigenvalue weighted by Crippen LogP contribution is -2.39. The molecule has 1 saturated heterocycles. The predicted octanol–water partition coefficient (Wildman–Crippen LogP) is 1.70. The Morgan fingerprint density at radius 1 is 1.14 bits per heavy atom. The molecule has 0 bridgehead atoms. The van der Waals surface area contributed by atoms with E-state index in [1.807, 2.05) is 13.8 Å². The molecule has 7 heteroatoms. The second-order valence-electron chi connectivity index (χ2n) is 5.67. The van der Waals surface area contributed by atoms with Crippen molar-refractivity contribution in [2.75, 3.05) is 26.2 Å². The third-order valence-corrected chi connectivity index (χ3v) is 5.65. The summed E-state index contributed by atoms with van der Waals surface area (Å²) in [5.41, 5.74) is 0. The van der Waals surface area contributed by atoms with Crippen LogP contribution in [0.15, 0.2) is 29.2 Å². The van der Waals surface area contributed by atoms with Crippen molar-refractivity contribution in [1.29, 1.82) is 0 Å². The smallest absolute Gasteiger partial charge is 0.246 e. The molecule has 122 valence electrons. The minimum Gasteiger partial charge on any atom is -0.341 e. The van der Waals surface area contributed by atoms with Crippen LogP contribution in [0.2, 0.25) is 0 Å². The lowest BCUT2D eigenvalue weighted by atomic mass is 10.2. The zero-order valence-electron chi connectivity index (χ0n) is 12.8. The molecule has 0 aliphatic carbocycles. The zero-order chi connectivity index (χ0) is 16.3. The summed E-state index contributed by atoms with van der Waals surface area (Å²) in [5.74, 6) is -0.846. The molecule has 1 aliphatic rings. The van der Waals surface area contributed by atoms with Gasteiger partial charge in [-0.2, -0.15) is 4.31 Å². The highest BCUT2D eigenvalue weighted by atomic mass is 32.2. The molecule has 0 radical (unpaired) electrons. The zero-order valence-corrected chi connectivity index (χ0v) is 13.6. The molecular weight excluding hydrogens is 307 g/mol. The first-order valence-corrected chi connectivity index (χ1v) is 8.81. The van der Waals surface area contributed by atoms with Crippen LogP contribution in [0.3, 0.4) is 0 Å². The van der Waals surface area contributed by atoms with Crippen molar-refractivity contribution in [3.63, 3.8) is 0 Å². The van der Waals surface area contributed by atoms with E-state index in [4.69, 9.17) is 0 Å². The number of amides is 1. The normalized spacial score (nSPS) is 17.5. The molecule has 1 aliphatic heterocycles. The molecular formula is C15H21FN2O3S. The van der Waals surface area contributed by atoms with E-state index in [0.29, 0.717) is 26.1 Å². The van der Waals surface area contributed by atoms with Gasteiger partial charge >= 0.3 is 0 Å². The molecule has 1 heterocycles. The van der Waals surface area contributed by atoms with Crippen molar-refractivity contribution in [2.24, 2.45) is 5.92 Å². The van der Waals surface area contributed by atoms with E-state index in [9.17, 15) is 17.6 Å². The fourth-order valence-corrected chi connectivity index (χ4v) is 4.05. The van der Waals surface area contributed by atoms with Gasteiger partial charge in [0.2, 0.25) is 15.9 Å². The molecule has 5 nitrogen and oxygen atoms in total. The lowest BCUT2D eigenvalue weighted by molar-refractivity contribution is -0.134. The van der Waals surface area contributed by atoms with Gasteiger partial charge in [0.15, 0.2) is 0 Å².